The minimum Gasteiger partial charge on any atom is -0.394 e. The van der Waals surface area contributed by atoms with Crippen LogP contribution in [0.25, 0.3) is 0 Å². The second-order valence-corrected chi connectivity index (χ2v) is 24.6. The molecule has 3 fully saturated rings. The van der Waals surface area contributed by atoms with Gasteiger partial charge in [0.15, 0.2) is 18.9 Å². The Bertz CT molecular complexity index is 1900. The number of allylic oxidation sites excluding steroid dienone is 11. The van der Waals surface area contributed by atoms with Crippen molar-refractivity contribution in [2.75, 3.05) is 26.4 Å². The van der Waals surface area contributed by atoms with E-state index in [0.29, 0.717) is 12.8 Å². The lowest BCUT2D eigenvalue weighted by atomic mass is 9.96. The molecule has 0 aliphatic carbocycles. The zero-order valence-electron chi connectivity index (χ0n) is 54.4. The lowest BCUT2D eigenvalue weighted by Gasteiger charge is -2.48. The Morgan fingerprint density at radius 3 is 1.25 bits per heavy atom. The zero-order valence-corrected chi connectivity index (χ0v) is 54.4. The van der Waals surface area contributed by atoms with Gasteiger partial charge in [-0.25, -0.2) is 0 Å². The second kappa shape index (κ2) is 51.6. The molecule has 0 radical (unpaired) electrons. The van der Waals surface area contributed by atoms with Crippen molar-refractivity contribution in [1.82, 2.24) is 5.32 Å². The van der Waals surface area contributed by atoms with Crippen LogP contribution in [-0.4, -0.2) is 193 Å². The molecule has 17 unspecified atom stereocenters. The van der Waals surface area contributed by atoms with Gasteiger partial charge in [-0.3, -0.25) is 4.79 Å². The fourth-order valence-electron chi connectivity index (χ4n) is 11.4. The largest absolute Gasteiger partial charge is 0.394 e. The fourth-order valence-corrected chi connectivity index (χ4v) is 11.4. The summed E-state index contributed by atoms with van der Waals surface area (Å²) in [6.45, 7) is 1.47. The van der Waals surface area contributed by atoms with Gasteiger partial charge in [0, 0.05) is 6.42 Å². The monoisotopic (exact) mass is 1270 g/mol. The van der Waals surface area contributed by atoms with Crippen LogP contribution in [-0.2, 0) is 33.2 Å². The fraction of sp³-hybridized carbons (Fsp3) is 0.814. The minimum atomic E-state index is -1.98. The van der Waals surface area contributed by atoms with Crippen LogP contribution < -0.4 is 5.32 Å². The maximum Gasteiger partial charge on any atom is 0.220 e. The number of aliphatic hydroxyl groups excluding tert-OH is 11. The Balaban J connectivity index is 1.26. The van der Waals surface area contributed by atoms with E-state index in [1.807, 2.05) is 6.08 Å². The van der Waals surface area contributed by atoms with Crippen molar-refractivity contribution in [3.8, 4) is 0 Å². The van der Waals surface area contributed by atoms with Gasteiger partial charge in [0.1, 0.15) is 73.2 Å². The third-order valence-corrected chi connectivity index (χ3v) is 17.0. The maximum atomic E-state index is 13.3. The number of aliphatic hydroxyl groups is 11. The van der Waals surface area contributed by atoms with Gasteiger partial charge in [0.05, 0.1) is 38.6 Å². The molecule has 0 bridgehead atoms. The van der Waals surface area contributed by atoms with Crippen molar-refractivity contribution in [3.05, 3.63) is 72.9 Å². The summed E-state index contributed by atoms with van der Waals surface area (Å²) in [6, 6.07) is -0.987. The molecule has 3 aliphatic rings. The lowest BCUT2D eigenvalue weighted by Crippen LogP contribution is -2.66. The lowest BCUT2D eigenvalue weighted by molar-refractivity contribution is -0.379. The summed E-state index contributed by atoms with van der Waals surface area (Å²) in [5.41, 5.74) is 0. The SMILES string of the molecule is CC/C=C\C/C=C\C/C=C\C/C=C\CCCCCCCCCCCCCCCCCCCCCCCCCCC(=O)NC(COC1OC(CO)C(OC2OC(CO)C(OC3OC(CO)C(O)C(O)C3O)C(O)C2O)C(O)C1O)C(O)/C=C/CC/C=C/CCC. The van der Waals surface area contributed by atoms with E-state index < -0.39 is 124 Å². The molecule has 0 saturated carbocycles. The van der Waals surface area contributed by atoms with Gasteiger partial charge < -0.3 is 89.9 Å². The molecule has 12 N–H and O–H groups in total. The topological polar surface area (TPSA) is 307 Å². The molecule has 17 atom stereocenters. The van der Waals surface area contributed by atoms with Gasteiger partial charge in [-0.1, -0.05) is 234 Å². The number of hydrogen-bond donors (Lipinski definition) is 12. The predicted octanol–water partition coefficient (Wildman–Crippen LogP) is 8.94. The molecule has 0 aromatic rings. The van der Waals surface area contributed by atoms with Crippen LogP contribution in [0.15, 0.2) is 72.9 Å². The first-order valence-corrected chi connectivity index (χ1v) is 34.7. The highest BCUT2D eigenvalue weighted by Gasteiger charge is 2.53. The summed E-state index contributed by atoms with van der Waals surface area (Å²) in [5.74, 6) is -0.289. The molecule has 0 spiro atoms. The van der Waals surface area contributed by atoms with Crippen LogP contribution in [0.5, 0.6) is 0 Å². The zero-order chi connectivity index (χ0) is 64.7. The third kappa shape index (κ3) is 33.8. The van der Waals surface area contributed by atoms with Crippen LogP contribution in [0.4, 0.5) is 0 Å². The molecular weight excluding hydrogens is 1140 g/mol. The van der Waals surface area contributed by atoms with Crippen LogP contribution >= 0.6 is 0 Å². The number of carbonyl (C=O) groups excluding carboxylic acids is 1. The first-order valence-electron chi connectivity index (χ1n) is 34.7. The number of nitrogens with one attached hydrogen (secondary N) is 1. The van der Waals surface area contributed by atoms with Crippen LogP contribution in [0.1, 0.15) is 232 Å². The number of carbonyl (C=O) groups is 1. The molecule has 3 saturated heterocycles. The van der Waals surface area contributed by atoms with Crippen LogP contribution in [0, 0.1) is 0 Å². The van der Waals surface area contributed by atoms with E-state index in [4.69, 9.17) is 28.4 Å². The van der Waals surface area contributed by atoms with E-state index in [2.05, 4.69) is 79.9 Å². The highest BCUT2D eigenvalue weighted by Crippen LogP contribution is 2.33. The highest BCUT2D eigenvalue weighted by molar-refractivity contribution is 5.76. The van der Waals surface area contributed by atoms with Crippen LogP contribution in [0.3, 0.4) is 0 Å². The summed E-state index contributed by atoms with van der Waals surface area (Å²) in [7, 11) is 0. The van der Waals surface area contributed by atoms with Gasteiger partial charge in [-0.05, 0) is 64.2 Å². The minimum absolute atomic E-state index is 0.235. The number of rotatable bonds is 52. The number of unbranched alkanes of at least 4 members (excludes halogenated alkanes) is 26. The van der Waals surface area contributed by atoms with E-state index in [1.54, 1.807) is 6.08 Å². The first-order chi connectivity index (χ1) is 43.3. The van der Waals surface area contributed by atoms with E-state index in [1.165, 1.54) is 135 Å². The van der Waals surface area contributed by atoms with Gasteiger partial charge in [0.25, 0.3) is 0 Å². The van der Waals surface area contributed by atoms with E-state index in [0.717, 1.165) is 64.2 Å². The van der Waals surface area contributed by atoms with Gasteiger partial charge in [-0.2, -0.15) is 0 Å². The average molecular weight is 1270 g/mol. The predicted molar refractivity (Wildman–Crippen MR) is 346 cm³/mol. The Kier molecular flexibility index (Phi) is 46.7. The Hall–Kier alpha value is -2.77. The Morgan fingerprint density at radius 1 is 0.416 bits per heavy atom. The molecule has 1 amide bonds. The van der Waals surface area contributed by atoms with Crippen molar-refractivity contribution in [2.24, 2.45) is 0 Å². The summed E-state index contributed by atoms with van der Waals surface area (Å²) >= 11 is 0. The number of hydrogen-bond acceptors (Lipinski definition) is 18. The van der Waals surface area contributed by atoms with Gasteiger partial charge >= 0.3 is 0 Å². The van der Waals surface area contributed by atoms with Crippen molar-refractivity contribution >= 4 is 5.91 Å². The smallest absolute Gasteiger partial charge is 0.220 e. The second-order valence-electron chi connectivity index (χ2n) is 24.6. The summed E-state index contributed by atoms with van der Waals surface area (Å²) in [4.78, 5) is 13.3. The van der Waals surface area contributed by atoms with Crippen molar-refractivity contribution < 1.29 is 89.4 Å². The molecule has 19 heteroatoms. The Labute approximate surface area is 534 Å². The van der Waals surface area contributed by atoms with Gasteiger partial charge in [0.2, 0.25) is 5.91 Å². The molecule has 19 nitrogen and oxygen atoms in total. The molecule has 89 heavy (non-hydrogen) atoms. The van der Waals surface area contributed by atoms with E-state index >= 15 is 0 Å². The van der Waals surface area contributed by atoms with Crippen molar-refractivity contribution in [1.29, 1.82) is 0 Å². The molecule has 516 valence electrons. The van der Waals surface area contributed by atoms with Crippen molar-refractivity contribution in [2.45, 2.75) is 336 Å². The number of amides is 1. The normalized spacial score (nSPS) is 28.7. The molecule has 3 aliphatic heterocycles. The molecule has 3 heterocycles. The van der Waals surface area contributed by atoms with E-state index in [9.17, 15) is 61.0 Å². The van der Waals surface area contributed by atoms with Crippen LogP contribution in [0.2, 0.25) is 0 Å². The summed E-state index contributed by atoms with van der Waals surface area (Å²) in [6.07, 6.45) is 38.4. The maximum absolute atomic E-state index is 13.3. The highest BCUT2D eigenvalue weighted by atomic mass is 16.8. The summed E-state index contributed by atoms with van der Waals surface area (Å²) in [5, 5.41) is 120. The summed E-state index contributed by atoms with van der Waals surface area (Å²) < 4.78 is 34.2. The average Bonchev–Trinajstić information content (AvgIpc) is 2.14. The number of ether oxygens (including phenoxy) is 6. The standard InChI is InChI=1S/C70H123NO18/c1-3-5-7-9-11-12-13-14-15-16-17-18-19-20-21-22-23-24-25-26-27-28-29-30-31-32-33-34-35-36-37-38-39-40-42-44-46-48-58(76)71-53(54(75)47-45-43-41-10-8-6-4-2)52-84-68-64(82)61(79)66(56(50-73)86-68)89-70-65(83)62(80)67(57(51-74)87-70)88-69-63(81)60(78)59(77)55(49-72)85-69/h5,7-8,10-12,14-15,17-18,45,47,53-57,59-70,72-75,77-83H,3-4,6,9,13,16,19-44,46,48-52H2,1-2H3,(H,71,76)/b7-5-,10-8+,12-11-,15-14-,18-17-,47-45+. The third-order valence-electron chi connectivity index (χ3n) is 17.0. The van der Waals surface area contributed by atoms with Gasteiger partial charge in [-0.15, -0.1) is 0 Å². The van der Waals surface area contributed by atoms with E-state index in [-0.39, 0.29) is 18.9 Å². The Morgan fingerprint density at radius 2 is 0.787 bits per heavy atom. The molecule has 3 rings (SSSR count). The van der Waals surface area contributed by atoms with Crippen molar-refractivity contribution in [3.63, 3.8) is 0 Å². The quantitative estimate of drug-likeness (QED) is 0.0200. The molecular formula is C70H123NO18. The first kappa shape index (κ1) is 80.5. The molecule has 0 aromatic heterocycles. The molecule has 0 aromatic carbocycles.